The molecule has 0 saturated carbocycles. The highest BCUT2D eigenvalue weighted by atomic mass is 16.6. The minimum absolute atomic E-state index is 0.233. The molecule has 0 fully saturated rings. The van der Waals surface area contributed by atoms with Gasteiger partial charge >= 0.3 is 5.97 Å². The molecule has 0 aliphatic heterocycles. The molecule has 1 unspecified atom stereocenters. The van der Waals surface area contributed by atoms with Crippen LogP contribution in [0.2, 0.25) is 0 Å². The average Bonchev–Trinajstić information content (AvgIpc) is 2.16. The molecule has 0 amide bonds. The molecule has 0 aromatic carbocycles. The van der Waals surface area contributed by atoms with Gasteiger partial charge in [-0.25, -0.2) is 0 Å². The van der Waals surface area contributed by atoms with Crippen LogP contribution in [0.4, 0.5) is 0 Å². The monoisotopic (exact) mass is 217 g/mol. The first kappa shape index (κ1) is 14.4. The van der Waals surface area contributed by atoms with Gasteiger partial charge in [-0.05, 0) is 19.3 Å². The van der Waals surface area contributed by atoms with Crippen LogP contribution in [0.3, 0.4) is 0 Å². The Morgan fingerprint density at radius 1 is 1.33 bits per heavy atom. The van der Waals surface area contributed by atoms with Crippen molar-refractivity contribution in [2.45, 2.75) is 46.6 Å². The Morgan fingerprint density at radius 3 is 2.47 bits per heavy atom. The highest BCUT2D eigenvalue weighted by Crippen LogP contribution is 2.00. The molecule has 0 bridgehead atoms. The first-order chi connectivity index (χ1) is 7.11. The van der Waals surface area contributed by atoms with Gasteiger partial charge in [0.1, 0.15) is 6.04 Å². The average molecular weight is 217 g/mol. The number of carbonyl (C=O) groups excluding carboxylic acids is 1. The summed E-state index contributed by atoms with van der Waals surface area (Å²) in [5.41, 5.74) is 2.76. The highest BCUT2D eigenvalue weighted by Gasteiger charge is 2.18. The predicted octanol–water partition coefficient (Wildman–Crippen LogP) is 1.90. The summed E-state index contributed by atoms with van der Waals surface area (Å²) in [7, 11) is 0. The van der Waals surface area contributed by atoms with Gasteiger partial charge in [-0.2, -0.15) is 5.48 Å². The predicted molar refractivity (Wildman–Crippen MR) is 59.3 cm³/mol. The second-order valence-corrected chi connectivity index (χ2v) is 3.92. The molecule has 0 aliphatic carbocycles. The third-order valence-corrected chi connectivity index (χ3v) is 1.79. The number of hydrogen-bond donors (Lipinski definition) is 1. The van der Waals surface area contributed by atoms with Gasteiger partial charge in [-0.3, -0.25) is 4.79 Å². The number of ether oxygens (including phenoxy) is 1. The van der Waals surface area contributed by atoms with Gasteiger partial charge in [0.25, 0.3) is 0 Å². The maximum atomic E-state index is 11.4. The summed E-state index contributed by atoms with van der Waals surface area (Å²) >= 11 is 0. The van der Waals surface area contributed by atoms with Gasteiger partial charge in [0.05, 0.1) is 13.2 Å². The molecule has 0 aromatic heterocycles. The van der Waals surface area contributed by atoms with Crippen LogP contribution in [-0.2, 0) is 14.4 Å². The lowest BCUT2D eigenvalue weighted by Gasteiger charge is -2.16. The van der Waals surface area contributed by atoms with Crippen molar-refractivity contribution in [2.75, 3.05) is 13.2 Å². The molecule has 0 saturated heterocycles. The van der Waals surface area contributed by atoms with Gasteiger partial charge in [-0.1, -0.05) is 27.2 Å². The van der Waals surface area contributed by atoms with E-state index in [9.17, 15) is 4.79 Å². The van der Waals surface area contributed by atoms with Crippen molar-refractivity contribution in [2.24, 2.45) is 5.92 Å². The van der Waals surface area contributed by atoms with Crippen LogP contribution in [0.1, 0.15) is 40.5 Å². The summed E-state index contributed by atoms with van der Waals surface area (Å²) in [6, 6.07) is -0.339. The first-order valence-corrected chi connectivity index (χ1v) is 5.65. The molecule has 15 heavy (non-hydrogen) atoms. The zero-order valence-corrected chi connectivity index (χ0v) is 10.2. The molecule has 90 valence electrons. The van der Waals surface area contributed by atoms with Gasteiger partial charge in [-0.15, -0.1) is 0 Å². The lowest BCUT2D eigenvalue weighted by atomic mass is 10.2. The fourth-order valence-electron chi connectivity index (χ4n) is 1.07. The van der Waals surface area contributed by atoms with E-state index in [2.05, 4.69) is 19.3 Å². The molecular weight excluding hydrogens is 194 g/mol. The number of hydroxylamine groups is 1. The molecule has 4 nitrogen and oxygen atoms in total. The Hall–Kier alpha value is -0.610. The Bertz CT molecular complexity index is 171. The number of rotatable bonds is 8. The third kappa shape index (κ3) is 7.33. The number of esters is 1. The van der Waals surface area contributed by atoms with E-state index in [1.54, 1.807) is 6.92 Å². The second kappa shape index (κ2) is 8.68. The molecule has 4 heteroatoms. The summed E-state index contributed by atoms with van der Waals surface area (Å²) in [4.78, 5) is 16.7. The topological polar surface area (TPSA) is 47.6 Å². The summed E-state index contributed by atoms with van der Waals surface area (Å²) in [5.74, 6) is 0.213. The van der Waals surface area contributed by atoms with Crippen molar-refractivity contribution < 1.29 is 14.4 Å². The summed E-state index contributed by atoms with van der Waals surface area (Å²) in [6.45, 7) is 8.94. The Labute approximate surface area is 92.3 Å². The number of carbonyl (C=O) groups is 1. The van der Waals surface area contributed by atoms with E-state index in [1.165, 1.54) is 0 Å². The van der Waals surface area contributed by atoms with Crippen LogP contribution in [0.5, 0.6) is 0 Å². The van der Waals surface area contributed by atoms with Gasteiger partial charge in [0.15, 0.2) is 0 Å². The molecule has 0 spiro atoms. The van der Waals surface area contributed by atoms with Crippen molar-refractivity contribution in [3.05, 3.63) is 0 Å². The fourth-order valence-corrected chi connectivity index (χ4v) is 1.07. The van der Waals surface area contributed by atoms with Crippen molar-refractivity contribution in [3.8, 4) is 0 Å². The van der Waals surface area contributed by atoms with E-state index in [0.29, 0.717) is 19.1 Å². The van der Waals surface area contributed by atoms with Crippen LogP contribution in [0, 0.1) is 5.92 Å². The largest absolute Gasteiger partial charge is 0.465 e. The van der Waals surface area contributed by atoms with E-state index >= 15 is 0 Å². The van der Waals surface area contributed by atoms with E-state index in [4.69, 9.17) is 9.57 Å². The number of hydrogen-bond acceptors (Lipinski definition) is 4. The number of nitrogens with one attached hydrogen (secondary N) is 1. The summed E-state index contributed by atoms with van der Waals surface area (Å²) < 4.78 is 4.93. The highest BCUT2D eigenvalue weighted by molar-refractivity contribution is 5.75. The maximum absolute atomic E-state index is 11.4. The Morgan fingerprint density at radius 2 is 2.00 bits per heavy atom. The van der Waals surface area contributed by atoms with Crippen LogP contribution < -0.4 is 5.48 Å². The van der Waals surface area contributed by atoms with Crippen molar-refractivity contribution in [1.29, 1.82) is 0 Å². The molecule has 0 radical (unpaired) electrons. The Kier molecular flexibility index (Phi) is 8.33. The van der Waals surface area contributed by atoms with Crippen LogP contribution >= 0.6 is 0 Å². The molecule has 1 N–H and O–H groups in total. The standard InChI is InChI=1S/C11H23NO3/c1-5-7-10(11(13)14-6-2)12-15-8-9(3)4/h9-10,12H,5-8H2,1-4H3. The van der Waals surface area contributed by atoms with Crippen molar-refractivity contribution in [1.82, 2.24) is 5.48 Å². The molecule has 1 atom stereocenters. The van der Waals surface area contributed by atoms with E-state index in [-0.39, 0.29) is 12.0 Å². The zero-order chi connectivity index (χ0) is 11.7. The van der Waals surface area contributed by atoms with E-state index in [1.807, 2.05) is 6.92 Å². The molecule has 0 aromatic rings. The normalized spacial score (nSPS) is 12.9. The Balaban J connectivity index is 3.87. The SMILES string of the molecule is CCCC(NOCC(C)C)C(=O)OCC. The molecular formula is C11H23NO3. The van der Waals surface area contributed by atoms with Crippen LogP contribution in [-0.4, -0.2) is 25.2 Å². The minimum atomic E-state index is -0.339. The van der Waals surface area contributed by atoms with Crippen molar-refractivity contribution in [3.63, 3.8) is 0 Å². The van der Waals surface area contributed by atoms with E-state index < -0.39 is 0 Å². The second-order valence-electron chi connectivity index (χ2n) is 3.92. The molecule has 0 rings (SSSR count). The fraction of sp³-hybridized carbons (Fsp3) is 0.909. The maximum Gasteiger partial charge on any atom is 0.325 e. The van der Waals surface area contributed by atoms with E-state index in [0.717, 1.165) is 12.8 Å². The first-order valence-electron chi connectivity index (χ1n) is 5.65. The van der Waals surface area contributed by atoms with Gasteiger partial charge in [0.2, 0.25) is 0 Å². The summed E-state index contributed by atoms with van der Waals surface area (Å²) in [6.07, 6.45) is 1.65. The smallest absolute Gasteiger partial charge is 0.325 e. The minimum Gasteiger partial charge on any atom is -0.465 e. The molecule has 0 heterocycles. The van der Waals surface area contributed by atoms with Crippen molar-refractivity contribution >= 4 is 5.97 Å². The summed E-state index contributed by atoms with van der Waals surface area (Å²) in [5, 5.41) is 0. The van der Waals surface area contributed by atoms with Crippen LogP contribution in [0.25, 0.3) is 0 Å². The van der Waals surface area contributed by atoms with Gasteiger partial charge in [0, 0.05) is 0 Å². The van der Waals surface area contributed by atoms with Gasteiger partial charge < -0.3 is 9.57 Å². The third-order valence-electron chi connectivity index (χ3n) is 1.79. The van der Waals surface area contributed by atoms with Crippen LogP contribution in [0.15, 0.2) is 0 Å². The zero-order valence-electron chi connectivity index (χ0n) is 10.2. The lowest BCUT2D eigenvalue weighted by molar-refractivity contribution is -0.151. The quantitative estimate of drug-likeness (QED) is 0.498. The molecule has 0 aliphatic rings. The lowest BCUT2D eigenvalue weighted by Crippen LogP contribution is -2.38.